The number of carbonyl (C=O) groups is 1. The molecule has 1 aromatic heterocycles. The van der Waals surface area contributed by atoms with E-state index in [-0.39, 0.29) is 23.8 Å². The van der Waals surface area contributed by atoms with Crippen molar-refractivity contribution in [3.05, 3.63) is 60.2 Å². The number of carbonyl (C=O) groups excluding carboxylic acids is 1. The summed E-state index contributed by atoms with van der Waals surface area (Å²) in [5.74, 6) is -0.663. The lowest BCUT2D eigenvalue weighted by Gasteiger charge is -2.17. The molecular weight excluding hydrogens is 345 g/mol. The third-order valence-electron chi connectivity index (χ3n) is 3.59. The van der Waals surface area contributed by atoms with Crippen LogP contribution in [0, 0.1) is 5.82 Å². The highest BCUT2D eigenvalue weighted by molar-refractivity contribution is 7.89. The Bertz CT molecular complexity index is 796. The van der Waals surface area contributed by atoms with Gasteiger partial charge < -0.3 is 5.32 Å². The molecule has 0 radical (unpaired) electrons. The minimum Gasteiger partial charge on any atom is -0.350 e. The Labute approximate surface area is 146 Å². The van der Waals surface area contributed by atoms with Crippen LogP contribution in [0.15, 0.2) is 53.6 Å². The molecule has 0 atom stereocenters. The zero-order chi connectivity index (χ0) is 18.3. The van der Waals surface area contributed by atoms with E-state index < -0.39 is 15.8 Å². The van der Waals surface area contributed by atoms with Gasteiger partial charge in [-0.25, -0.2) is 17.1 Å². The topological polar surface area (TPSA) is 79.4 Å². The van der Waals surface area contributed by atoms with Gasteiger partial charge in [0.1, 0.15) is 5.82 Å². The van der Waals surface area contributed by atoms with E-state index in [0.717, 1.165) is 22.1 Å². The number of nitrogens with one attached hydrogen (secondary N) is 1. The molecule has 134 valence electrons. The number of aromatic nitrogens is 1. The summed E-state index contributed by atoms with van der Waals surface area (Å²) in [4.78, 5) is 15.9. The maximum absolute atomic E-state index is 12.9. The second-order valence-electron chi connectivity index (χ2n) is 5.48. The molecule has 0 spiro atoms. The van der Waals surface area contributed by atoms with E-state index in [4.69, 9.17) is 0 Å². The molecule has 8 heteroatoms. The first-order valence-electron chi connectivity index (χ1n) is 7.78. The molecule has 1 heterocycles. The number of halogens is 1. The van der Waals surface area contributed by atoms with Crippen LogP contribution < -0.4 is 5.32 Å². The van der Waals surface area contributed by atoms with E-state index in [9.17, 15) is 17.6 Å². The SMILES string of the molecule is CN(CCCC(=O)NCc1ccccn1)S(=O)(=O)c1ccc(F)cc1. The number of rotatable bonds is 8. The van der Waals surface area contributed by atoms with Gasteiger partial charge in [-0.05, 0) is 42.8 Å². The minimum atomic E-state index is -3.68. The molecule has 0 unspecified atom stereocenters. The van der Waals surface area contributed by atoms with Crippen molar-refractivity contribution in [1.29, 1.82) is 0 Å². The van der Waals surface area contributed by atoms with E-state index in [0.29, 0.717) is 13.0 Å². The molecule has 1 amide bonds. The fraction of sp³-hybridized carbons (Fsp3) is 0.294. The van der Waals surface area contributed by atoms with Gasteiger partial charge in [-0.3, -0.25) is 9.78 Å². The van der Waals surface area contributed by atoms with Gasteiger partial charge >= 0.3 is 0 Å². The standard InChI is InChI=1S/C17H20FN3O3S/c1-21(25(23,24)16-9-7-14(18)8-10-16)12-4-6-17(22)20-13-15-5-2-3-11-19-15/h2-3,5,7-11H,4,6,12-13H2,1H3,(H,20,22). The molecule has 2 rings (SSSR count). The Morgan fingerprint density at radius 2 is 1.92 bits per heavy atom. The Kier molecular flexibility index (Phi) is 6.60. The van der Waals surface area contributed by atoms with Crippen LogP contribution in [-0.4, -0.2) is 37.2 Å². The van der Waals surface area contributed by atoms with Gasteiger partial charge in [0.25, 0.3) is 0 Å². The predicted molar refractivity (Wildman–Crippen MR) is 91.5 cm³/mol. The lowest BCUT2D eigenvalue weighted by atomic mass is 10.3. The van der Waals surface area contributed by atoms with Crippen LogP contribution in [0.2, 0.25) is 0 Å². The van der Waals surface area contributed by atoms with Crippen LogP contribution in [0.25, 0.3) is 0 Å². The highest BCUT2D eigenvalue weighted by atomic mass is 32.2. The first-order valence-corrected chi connectivity index (χ1v) is 9.22. The van der Waals surface area contributed by atoms with Crippen molar-refractivity contribution < 1.29 is 17.6 Å². The Morgan fingerprint density at radius 3 is 2.56 bits per heavy atom. The van der Waals surface area contributed by atoms with E-state index in [1.165, 1.54) is 19.2 Å². The molecule has 0 aliphatic heterocycles. The zero-order valence-electron chi connectivity index (χ0n) is 13.9. The molecule has 25 heavy (non-hydrogen) atoms. The maximum atomic E-state index is 12.9. The van der Waals surface area contributed by atoms with E-state index in [2.05, 4.69) is 10.3 Å². The second kappa shape index (κ2) is 8.68. The first kappa shape index (κ1) is 19.0. The summed E-state index contributed by atoms with van der Waals surface area (Å²) in [5, 5.41) is 2.74. The zero-order valence-corrected chi connectivity index (χ0v) is 14.7. The molecular formula is C17H20FN3O3S. The second-order valence-corrected chi connectivity index (χ2v) is 7.53. The number of sulfonamides is 1. The van der Waals surface area contributed by atoms with Gasteiger partial charge in [-0.2, -0.15) is 0 Å². The number of benzene rings is 1. The molecule has 1 N–H and O–H groups in total. The van der Waals surface area contributed by atoms with Crippen molar-refractivity contribution in [3.8, 4) is 0 Å². The van der Waals surface area contributed by atoms with Crippen LogP contribution in [0.4, 0.5) is 4.39 Å². The smallest absolute Gasteiger partial charge is 0.242 e. The fourth-order valence-corrected chi connectivity index (χ4v) is 3.36. The molecule has 0 saturated carbocycles. The monoisotopic (exact) mass is 365 g/mol. The molecule has 0 aliphatic carbocycles. The molecule has 0 aliphatic rings. The Balaban J connectivity index is 1.78. The van der Waals surface area contributed by atoms with Gasteiger partial charge in [0.05, 0.1) is 17.1 Å². The molecule has 1 aromatic carbocycles. The largest absolute Gasteiger partial charge is 0.350 e. The summed E-state index contributed by atoms with van der Waals surface area (Å²) in [5.41, 5.74) is 0.756. The van der Waals surface area contributed by atoms with Crippen molar-refractivity contribution in [1.82, 2.24) is 14.6 Å². The van der Waals surface area contributed by atoms with Crippen molar-refractivity contribution in [3.63, 3.8) is 0 Å². The maximum Gasteiger partial charge on any atom is 0.242 e. The van der Waals surface area contributed by atoms with Crippen LogP contribution in [0.3, 0.4) is 0 Å². The van der Waals surface area contributed by atoms with E-state index >= 15 is 0 Å². The Hall–Kier alpha value is -2.32. The molecule has 6 nitrogen and oxygen atoms in total. The first-order chi connectivity index (χ1) is 11.9. The van der Waals surface area contributed by atoms with E-state index in [1.807, 2.05) is 12.1 Å². The number of nitrogens with zero attached hydrogens (tertiary/aromatic N) is 2. The molecule has 0 fully saturated rings. The average Bonchev–Trinajstić information content (AvgIpc) is 2.61. The number of hydrogen-bond acceptors (Lipinski definition) is 4. The predicted octanol–water partition coefficient (Wildman–Crippen LogP) is 1.94. The summed E-state index contributed by atoms with van der Waals surface area (Å²) in [6, 6.07) is 10.1. The van der Waals surface area contributed by atoms with Gasteiger partial charge in [0.2, 0.25) is 15.9 Å². The van der Waals surface area contributed by atoms with Crippen molar-refractivity contribution in [2.24, 2.45) is 0 Å². The number of amides is 1. The molecule has 2 aromatic rings. The van der Waals surface area contributed by atoms with E-state index in [1.54, 1.807) is 12.3 Å². The summed E-state index contributed by atoms with van der Waals surface area (Å²) in [6.45, 7) is 0.528. The highest BCUT2D eigenvalue weighted by Gasteiger charge is 2.20. The molecule has 0 saturated heterocycles. The minimum absolute atomic E-state index is 0.0241. The Morgan fingerprint density at radius 1 is 1.20 bits per heavy atom. The van der Waals surface area contributed by atoms with Gasteiger partial charge in [0.15, 0.2) is 0 Å². The summed E-state index contributed by atoms with van der Waals surface area (Å²) >= 11 is 0. The molecule has 0 bridgehead atoms. The van der Waals surface area contributed by atoms with Gasteiger partial charge in [-0.15, -0.1) is 0 Å². The van der Waals surface area contributed by atoms with Crippen molar-refractivity contribution >= 4 is 15.9 Å². The third-order valence-corrected chi connectivity index (χ3v) is 5.46. The van der Waals surface area contributed by atoms with Gasteiger partial charge in [-0.1, -0.05) is 6.07 Å². The lowest BCUT2D eigenvalue weighted by molar-refractivity contribution is -0.121. The fourth-order valence-electron chi connectivity index (χ4n) is 2.15. The average molecular weight is 365 g/mol. The van der Waals surface area contributed by atoms with Gasteiger partial charge in [0, 0.05) is 26.2 Å². The summed E-state index contributed by atoms with van der Waals surface area (Å²) in [7, 11) is -2.25. The quantitative estimate of drug-likeness (QED) is 0.775. The normalized spacial score (nSPS) is 11.5. The third kappa shape index (κ3) is 5.61. The van der Waals surface area contributed by atoms with Crippen LogP contribution >= 0.6 is 0 Å². The number of hydrogen-bond donors (Lipinski definition) is 1. The van der Waals surface area contributed by atoms with Crippen molar-refractivity contribution in [2.75, 3.05) is 13.6 Å². The number of pyridine rings is 1. The van der Waals surface area contributed by atoms with Crippen LogP contribution in [0.1, 0.15) is 18.5 Å². The summed E-state index contributed by atoms with van der Waals surface area (Å²) in [6.07, 6.45) is 2.23. The summed E-state index contributed by atoms with van der Waals surface area (Å²) < 4.78 is 38.7. The highest BCUT2D eigenvalue weighted by Crippen LogP contribution is 2.15. The van der Waals surface area contributed by atoms with Crippen LogP contribution in [0.5, 0.6) is 0 Å². The van der Waals surface area contributed by atoms with Crippen molar-refractivity contribution in [2.45, 2.75) is 24.3 Å². The van der Waals surface area contributed by atoms with Crippen LogP contribution in [-0.2, 0) is 21.4 Å². The lowest BCUT2D eigenvalue weighted by Crippen LogP contribution is -2.29.